The van der Waals surface area contributed by atoms with Crippen molar-refractivity contribution >= 4 is 11.4 Å². The van der Waals surface area contributed by atoms with Crippen molar-refractivity contribution < 1.29 is 27.8 Å². The highest BCUT2D eigenvalue weighted by atomic mass is 19.3. The van der Waals surface area contributed by atoms with Gasteiger partial charge in [0.2, 0.25) is 0 Å². The SMILES string of the molecule is COc1cc(-c2cnc3cc(OCCCN4CC5(CCC5)C4)ccn23)cc(OC(F)F)c1C(=O)CC1CC1. The van der Waals surface area contributed by atoms with Crippen LogP contribution in [0.2, 0.25) is 0 Å². The lowest BCUT2D eigenvalue weighted by Gasteiger charge is -2.56. The molecule has 1 saturated heterocycles. The van der Waals surface area contributed by atoms with Gasteiger partial charge in [0.15, 0.2) is 5.78 Å². The first-order valence-electron chi connectivity index (χ1n) is 13.5. The van der Waals surface area contributed by atoms with Crippen LogP contribution in [-0.4, -0.2) is 60.0 Å². The third-order valence-corrected chi connectivity index (χ3v) is 8.15. The quantitative estimate of drug-likeness (QED) is 0.218. The van der Waals surface area contributed by atoms with E-state index in [2.05, 4.69) is 9.88 Å². The van der Waals surface area contributed by atoms with Gasteiger partial charge in [-0.2, -0.15) is 8.78 Å². The topological polar surface area (TPSA) is 65.3 Å². The molecule has 2 aromatic heterocycles. The summed E-state index contributed by atoms with van der Waals surface area (Å²) in [5, 5.41) is 0. The number of ketones is 1. The van der Waals surface area contributed by atoms with E-state index in [9.17, 15) is 13.6 Å². The Morgan fingerprint density at radius 1 is 1.18 bits per heavy atom. The van der Waals surface area contributed by atoms with Gasteiger partial charge in [-0.15, -0.1) is 0 Å². The third kappa shape index (κ3) is 5.08. The summed E-state index contributed by atoms with van der Waals surface area (Å²) < 4.78 is 44.7. The Labute approximate surface area is 220 Å². The number of benzene rings is 1. The highest BCUT2D eigenvalue weighted by molar-refractivity contribution is 6.02. The molecule has 9 heteroatoms. The number of alkyl halides is 2. The van der Waals surface area contributed by atoms with E-state index < -0.39 is 6.61 Å². The molecule has 0 unspecified atom stereocenters. The van der Waals surface area contributed by atoms with Gasteiger partial charge in [-0.1, -0.05) is 6.42 Å². The zero-order valence-electron chi connectivity index (χ0n) is 21.6. The molecule has 0 atom stereocenters. The Balaban J connectivity index is 1.17. The maximum Gasteiger partial charge on any atom is 0.387 e. The second-order valence-corrected chi connectivity index (χ2v) is 11.0. The summed E-state index contributed by atoms with van der Waals surface area (Å²) in [7, 11) is 1.42. The lowest BCUT2D eigenvalue weighted by molar-refractivity contribution is -0.0608. The smallest absolute Gasteiger partial charge is 0.387 e. The van der Waals surface area contributed by atoms with Crippen molar-refractivity contribution in [2.24, 2.45) is 11.3 Å². The number of fused-ring (bicyclic) bond motifs is 1. The number of nitrogens with zero attached hydrogens (tertiary/aromatic N) is 3. The molecule has 0 bridgehead atoms. The summed E-state index contributed by atoms with van der Waals surface area (Å²) in [6.45, 7) is 1.10. The number of hydrogen-bond acceptors (Lipinski definition) is 6. The van der Waals surface area contributed by atoms with Gasteiger partial charge in [0, 0.05) is 43.9 Å². The molecule has 2 saturated carbocycles. The van der Waals surface area contributed by atoms with Crippen molar-refractivity contribution in [3.8, 4) is 28.5 Å². The van der Waals surface area contributed by atoms with E-state index in [4.69, 9.17) is 14.2 Å². The first-order chi connectivity index (χ1) is 18.4. The van der Waals surface area contributed by atoms with Crippen LogP contribution in [0.25, 0.3) is 16.9 Å². The van der Waals surface area contributed by atoms with Gasteiger partial charge >= 0.3 is 6.61 Å². The summed E-state index contributed by atoms with van der Waals surface area (Å²) in [5.41, 5.74) is 2.59. The number of likely N-dealkylation sites (tertiary alicyclic amines) is 1. The molecule has 202 valence electrons. The molecule has 1 spiro atoms. The molecule has 3 aliphatic rings. The summed E-state index contributed by atoms with van der Waals surface area (Å²) in [6, 6.07) is 6.87. The van der Waals surface area contributed by atoms with Crippen molar-refractivity contribution in [1.29, 1.82) is 0 Å². The molecule has 0 N–H and O–H groups in total. The average molecular weight is 526 g/mol. The van der Waals surface area contributed by atoms with E-state index in [1.165, 1.54) is 45.5 Å². The highest BCUT2D eigenvalue weighted by Gasteiger charge is 2.46. The van der Waals surface area contributed by atoms with Crippen molar-refractivity contribution in [2.45, 2.75) is 51.6 Å². The number of rotatable bonds is 12. The largest absolute Gasteiger partial charge is 0.496 e. The van der Waals surface area contributed by atoms with Crippen LogP contribution in [0, 0.1) is 11.3 Å². The Morgan fingerprint density at radius 2 is 1.97 bits per heavy atom. The van der Waals surface area contributed by atoms with Crippen LogP contribution in [0.5, 0.6) is 17.2 Å². The van der Waals surface area contributed by atoms with Crippen LogP contribution in [0.1, 0.15) is 55.3 Å². The van der Waals surface area contributed by atoms with Crippen molar-refractivity contribution in [3.63, 3.8) is 0 Å². The standard InChI is InChI=1S/C29H33F2N3O4/c1-36-24-13-20(14-25(38-28(30)31)27(24)23(35)12-19-4-5-19)22-16-32-26-15-21(6-10-34(22)26)37-11-3-9-33-17-29(18-33)7-2-8-29/h6,10,13-16,19,28H,2-5,7-9,11-12,17-18H2,1H3. The predicted octanol–water partition coefficient (Wildman–Crippen LogP) is 5.85. The molecule has 0 amide bonds. The first kappa shape index (κ1) is 25.1. The molecule has 3 heterocycles. The molecule has 6 rings (SSSR count). The van der Waals surface area contributed by atoms with E-state index in [0.29, 0.717) is 41.3 Å². The van der Waals surface area contributed by atoms with Gasteiger partial charge in [-0.25, -0.2) is 4.98 Å². The molecule has 1 aliphatic heterocycles. The number of pyridine rings is 1. The number of carbonyl (C=O) groups is 1. The number of Topliss-reactive ketones (excluding diaryl/α,β-unsaturated/α-hetero) is 1. The van der Waals surface area contributed by atoms with Gasteiger partial charge in [0.05, 0.1) is 25.6 Å². The van der Waals surface area contributed by atoms with Crippen LogP contribution < -0.4 is 14.2 Å². The maximum absolute atomic E-state index is 13.3. The van der Waals surface area contributed by atoms with Gasteiger partial charge in [0.25, 0.3) is 0 Å². The van der Waals surface area contributed by atoms with Gasteiger partial charge < -0.3 is 19.1 Å². The Hall–Kier alpha value is -3.20. The molecule has 0 radical (unpaired) electrons. The van der Waals surface area contributed by atoms with E-state index in [1.54, 1.807) is 12.3 Å². The number of halogens is 2. The monoisotopic (exact) mass is 525 g/mol. The lowest BCUT2D eigenvalue weighted by Crippen LogP contribution is -2.59. The van der Waals surface area contributed by atoms with E-state index in [0.717, 1.165) is 31.6 Å². The fraction of sp³-hybridized carbons (Fsp3) is 0.517. The minimum atomic E-state index is -3.07. The molecule has 7 nitrogen and oxygen atoms in total. The molecular weight excluding hydrogens is 492 g/mol. The molecular formula is C29H33F2N3O4. The minimum absolute atomic E-state index is 0.0639. The van der Waals surface area contributed by atoms with E-state index >= 15 is 0 Å². The molecule has 2 aliphatic carbocycles. The number of imidazole rings is 1. The molecule has 3 aromatic rings. The Kier molecular flexibility index (Phi) is 6.72. The number of hydrogen-bond donors (Lipinski definition) is 0. The number of methoxy groups -OCH3 is 1. The van der Waals surface area contributed by atoms with Gasteiger partial charge in [-0.05, 0) is 61.6 Å². The Morgan fingerprint density at radius 3 is 2.66 bits per heavy atom. The average Bonchev–Trinajstić information content (AvgIpc) is 3.55. The molecule has 3 fully saturated rings. The van der Waals surface area contributed by atoms with Gasteiger partial charge in [0.1, 0.15) is 28.5 Å². The van der Waals surface area contributed by atoms with Crippen LogP contribution >= 0.6 is 0 Å². The number of carbonyl (C=O) groups excluding carboxylic acids is 1. The van der Waals surface area contributed by atoms with Crippen LogP contribution in [-0.2, 0) is 0 Å². The van der Waals surface area contributed by atoms with E-state index in [1.807, 2.05) is 22.7 Å². The molecule has 38 heavy (non-hydrogen) atoms. The highest BCUT2D eigenvalue weighted by Crippen LogP contribution is 2.48. The van der Waals surface area contributed by atoms with Crippen LogP contribution in [0.4, 0.5) is 8.78 Å². The lowest BCUT2D eigenvalue weighted by atomic mass is 9.63. The second kappa shape index (κ2) is 10.2. The number of aromatic nitrogens is 2. The predicted molar refractivity (Wildman–Crippen MR) is 138 cm³/mol. The second-order valence-electron chi connectivity index (χ2n) is 11.0. The normalized spacial score (nSPS) is 18.4. The Bertz CT molecular complexity index is 1320. The number of ether oxygens (including phenoxy) is 3. The van der Waals surface area contributed by atoms with Crippen molar-refractivity contribution in [2.75, 3.05) is 33.4 Å². The fourth-order valence-electron chi connectivity index (χ4n) is 5.85. The van der Waals surface area contributed by atoms with Crippen molar-refractivity contribution in [1.82, 2.24) is 14.3 Å². The first-order valence-corrected chi connectivity index (χ1v) is 13.5. The van der Waals surface area contributed by atoms with Crippen molar-refractivity contribution in [3.05, 3.63) is 42.2 Å². The third-order valence-electron chi connectivity index (χ3n) is 8.15. The fourth-order valence-corrected chi connectivity index (χ4v) is 5.85. The van der Waals surface area contributed by atoms with Crippen LogP contribution in [0.3, 0.4) is 0 Å². The maximum atomic E-state index is 13.3. The summed E-state index contributed by atoms with van der Waals surface area (Å²) in [6.07, 6.45) is 10.9. The molecule has 1 aromatic carbocycles. The zero-order valence-corrected chi connectivity index (χ0v) is 21.6. The van der Waals surface area contributed by atoms with E-state index in [-0.39, 0.29) is 22.8 Å². The van der Waals surface area contributed by atoms with Gasteiger partial charge in [-0.3, -0.25) is 9.20 Å². The minimum Gasteiger partial charge on any atom is -0.496 e. The zero-order chi connectivity index (χ0) is 26.3. The summed E-state index contributed by atoms with van der Waals surface area (Å²) >= 11 is 0. The summed E-state index contributed by atoms with van der Waals surface area (Å²) in [5.74, 6) is 0.818. The van der Waals surface area contributed by atoms with Crippen LogP contribution in [0.15, 0.2) is 36.7 Å². The summed E-state index contributed by atoms with van der Waals surface area (Å²) in [4.78, 5) is 19.9.